The number of fused-ring (bicyclic) bond motifs is 5. The molecule has 1 heterocycles. The Morgan fingerprint density at radius 2 is 1.52 bits per heavy atom. The Morgan fingerprint density at radius 1 is 0.818 bits per heavy atom. The number of ether oxygens (including phenoxy) is 1. The molecule has 3 heteroatoms. The van der Waals surface area contributed by atoms with E-state index in [0.717, 1.165) is 24.9 Å². The molecule has 6 rings (SSSR count). The van der Waals surface area contributed by atoms with Crippen LogP contribution < -0.4 is 0 Å². The molecule has 0 amide bonds. The molecule has 0 aromatic carbocycles. The Balaban J connectivity index is 1.41. The molecule has 0 radical (unpaired) electrons. The first-order chi connectivity index (χ1) is 15.2. The van der Waals surface area contributed by atoms with Gasteiger partial charge in [0.1, 0.15) is 6.10 Å². The average Bonchev–Trinajstić information content (AvgIpc) is 3.06. The Labute approximate surface area is 201 Å². The van der Waals surface area contributed by atoms with Crippen molar-refractivity contribution in [1.29, 1.82) is 0 Å². The minimum absolute atomic E-state index is 0.0112. The second kappa shape index (κ2) is 6.47. The van der Waals surface area contributed by atoms with Gasteiger partial charge < -0.3 is 9.84 Å². The van der Waals surface area contributed by atoms with Gasteiger partial charge in [-0.2, -0.15) is 0 Å². The van der Waals surface area contributed by atoms with Crippen LogP contribution in [0, 0.1) is 56.2 Å². The lowest BCUT2D eigenvalue weighted by atomic mass is 9.31. The molecule has 10 atom stereocenters. The third-order valence-electron chi connectivity index (χ3n) is 13.9. The van der Waals surface area contributed by atoms with Crippen LogP contribution in [0.5, 0.6) is 0 Å². The lowest BCUT2D eigenvalue weighted by molar-refractivity contribution is -0.247. The number of hydrogen-bond acceptors (Lipinski definition) is 3. The van der Waals surface area contributed by atoms with E-state index < -0.39 is 6.10 Å². The van der Waals surface area contributed by atoms with Crippen LogP contribution in [-0.2, 0) is 9.53 Å². The van der Waals surface area contributed by atoms with E-state index in [1.54, 1.807) is 0 Å². The van der Waals surface area contributed by atoms with Gasteiger partial charge in [-0.25, -0.2) is 0 Å². The minimum atomic E-state index is -0.793. The predicted octanol–water partition coefficient (Wildman–Crippen LogP) is 6.42. The molecule has 0 spiro atoms. The van der Waals surface area contributed by atoms with E-state index in [2.05, 4.69) is 48.5 Å². The molecule has 3 nitrogen and oxygen atoms in total. The first kappa shape index (κ1) is 23.0. The van der Waals surface area contributed by atoms with Gasteiger partial charge in [0, 0.05) is 11.8 Å². The summed E-state index contributed by atoms with van der Waals surface area (Å²) < 4.78 is 6.68. The van der Waals surface area contributed by atoms with Gasteiger partial charge in [0.05, 0.1) is 12.7 Å². The third-order valence-corrected chi connectivity index (χ3v) is 13.9. The highest BCUT2D eigenvalue weighted by atomic mass is 16.5. The lowest BCUT2D eigenvalue weighted by Gasteiger charge is -2.73. The van der Waals surface area contributed by atoms with E-state index in [1.807, 2.05) is 0 Å². The number of ketones is 1. The van der Waals surface area contributed by atoms with Gasteiger partial charge in [-0.15, -0.1) is 0 Å². The summed E-state index contributed by atoms with van der Waals surface area (Å²) in [6, 6.07) is 0. The SMILES string of the molecule is CC1(C)CC[C@]23CC[C@]4(C)[C@H](CC[C@@H]5[C@@]6(C)CC(=O)[C@H](O)C(C)(C)[C@@H]6CC[C@]54C)[C@@H]2[C@H]1OC3. The highest BCUT2D eigenvalue weighted by molar-refractivity contribution is 5.85. The maximum absolute atomic E-state index is 13.1. The summed E-state index contributed by atoms with van der Waals surface area (Å²) in [7, 11) is 0. The highest BCUT2D eigenvalue weighted by Gasteiger charge is 2.73. The molecular formula is C30H48O3. The molecular weight excluding hydrogens is 408 g/mol. The molecule has 1 N–H and O–H groups in total. The minimum Gasteiger partial charge on any atom is -0.385 e. The zero-order valence-corrected chi connectivity index (χ0v) is 22.3. The second-order valence-electron chi connectivity index (χ2n) is 15.6. The van der Waals surface area contributed by atoms with E-state index in [-0.39, 0.29) is 22.0 Å². The van der Waals surface area contributed by atoms with Gasteiger partial charge in [-0.3, -0.25) is 4.79 Å². The smallest absolute Gasteiger partial charge is 0.162 e. The first-order valence-corrected chi connectivity index (χ1v) is 14.1. The van der Waals surface area contributed by atoms with Crippen molar-refractivity contribution in [3.8, 4) is 0 Å². The zero-order valence-electron chi connectivity index (χ0n) is 22.3. The van der Waals surface area contributed by atoms with Crippen LogP contribution in [-0.4, -0.2) is 29.7 Å². The molecule has 5 saturated carbocycles. The summed E-state index contributed by atoms with van der Waals surface area (Å²) in [4.78, 5) is 13.1. The van der Waals surface area contributed by atoms with Gasteiger partial charge in [0.25, 0.3) is 0 Å². The summed E-state index contributed by atoms with van der Waals surface area (Å²) in [6.45, 7) is 18.0. The summed E-state index contributed by atoms with van der Waals surface area (Å²) in [6.07, 6.45) is 10.5. The summed E-state index contributed by atoms with van der Waals surface area (Å²) >= 11 is 0. The number of aliphatic hydroxyl groups is 1. The molecule has 6 aliphatic rings. The van der Waals surface area contributed by atoms with Gasteiger partial charge in [0.15, 0.2) is 5.78 Å². The van der Waals surface area contributed by atoms with Crippen molar-refractivity contribution in [3.63, 3.8) is 0 Å². The summed E-state index contributed by atoms with van der Waals surface area (Å²) in [5.74, 6) is 2.56. The van der Waals surface area contributed by atoms with Crippen LogP contribution in [0.1, 0.15) is 106 Å². The van der Waals surface area contributed by atoms with E-state index >= 15 is 0 Å². The van der Waals surface area contributed by atoms with Gasteiger partial charge in [-0.05, 0) is 102 Å². The second-order valence-corrected chi connectivity index (χ2v) is 15.6. The Morgan fingerprint density at radius 3 is 2.24 bits per heavy atom. The Kier molecular flexibility index (Phi) is 4.51. The van der Waals surface area contributed by atoms with Crippen LogP contribution >= 0.6 is 0 Å². The van der Waals surface area contributed by atoms with Crippen molar-refractivity contribution in [3.05, 3.63) is 0 Å². The summed E-state index contributed by atoms with van der Waals surface area (Å²) in [5.41, 5.74) is 1.00. The molecule has 1 saturated heterocycles. The average molecular weight is 457 g/mol. The number of aliphatic hydroxyl groups excluding tert-OH is 1. The highest BCUT2D eigenvalue weighted by Crippen LogP contribution is 2.77. The fraction of sp³-hybridized carbons (Fsp3) is 0.967. The van der Waals surface area contributed by atoms with E-state index in [9.17, 15) is 9.90 Å². The van der Waals surface area contributed by atoms with Crippen molar-refractivity contribution >= 4 is 5.78 Å². The topological polar surface area (TPSA) is 46.5 Å². The van der Waals surface area contributed by atoms with Crippen LogP contribution in [0.4, 0.5) is 0 Å². The van der Waals surface area contributed by atoms with E-state index in [1.165, 1.54) is 44.9 Å². The molecule has 1 aliphatic heterocycles. The molecule has 0 aromatic heterocycles. The molecule has 5 aliphatic carbocycles. The Hall–Kier alpha value is -0.410. The van der Waals surface area contributed by atoms with E-state index in [0.29, 0.717) is 40.6 Å². The molecule has 186 valence electrons. The zero-order chi connectivity index (χ0) is 23.8. The maximum atomic E-state index is 13.1. The molecule has 6 fully saturated rings. The van der Waals surface area contributed by atoms with Crippen molar-refractivity contribution in [2.24, 2.45) is 56.2 Å². The van der Waals surface area contributed by atoms with Gasteiger partial charge >= 0.3 is 0 Å². The molecule has 2 bridgehead atoms. The van der Waals surface area contributed by atoms with Gasteiger partial charge in [0.2, 0.25) is 0 Å². The monoisotopic (exact) mass is 456 g/mol. The largest absolute Gasteiger partial charge is 0.385 e. The molecule has 0 unspecified atom stereocenters. The standard InChI is InChI=1S/C30H48O3/c1-25(2)12-14-30-15-13-28(6)18(22(30)24(25)33-17-30)8-9-21-27(5)16-19(31)23(32)26(3,4)20(27)10-11-29(21,28)7/h18,20-24,32H,8-17H2,1-7H3/t18-,20+,21-,22-,23+,24-,27+,28-,29-,30-/m1/s1. The lowest BCUT2D eigenvalue weighted by Crippen LogP contribution is -2.68. The van der Waals surface area contributed by atoms with E-state index in [4.69, 9.17) is 4.74 Å². The first-order valence-electron chi connectivity index (χ1n) is 14.1. The van der Waals surface area contributed by atoms with Crippen LogP contribution in [0.3, 0.4) is 0 Å². The van der Waals surface area contributed by atoms with Gasteiger partial charge in [-0.1, -0.05) is 48.5 Å². The molecule has 0 aromatic rings. The Bertz CT molecular complexity index is 876. The number of carbonyl (C=O) groups is 1. The normalized spacial score (nSPS) is 58.6. The maximum Gasteiger partial charge on any atom is 0.162 e. The third kappa shape index (κ3) is 2.53. The van der Waals surface area contributed by atoms with Crippen LogP contribution in [0.25, 0.3) is 0 Å². The predicted molar refractivity (Wildman–Crippen MR) is 131 cm³/mol. The van der Waals surface area contributed by atoms with Crippen molar-refractivity contribution < 1.29 is 14.6 Å². The number of hydrogen-bond donors (Lipinski definition) is 1. The van der Waals surface area contributed by atoms with Crippen LogP contribution in [0.2, 0.25) is 0 Å². The number of Topliss-reactive ketones (excluding diaryl/α,β-unsaturated/α-hetero) is 1. The quantitative estimate of drug-likeness (QED) is 0.458. The van der Waals surface area contributed by atoms with Crippen molar-refractivity contribution in [1.82, 2.24) is 0 Å². The van der Waals surface area contributed by atoms with Crippen molar-refractivity contribution in [2.45, 2.75) is 118 Å². The molecule has 33 heavy (non-hydrogen) atoms. The number of rotatable bonds is 0. The summed E-state index contributed by atoms with van der Waals surface area (Å²) in [5, 5.41) is 10.8. The van der Waals surface area contributed by atoms with Crippen LogP contribution in [0.15, 0.2) is 0 Å². The number of carbonyl (C=O) groups excluding carboxylic acids is 1. The fourth-order valence-corrected chi connectivity index (χ4v) is 11.9. The van der Waals surface area contributed by atoms with Crippen molar-refractivity contribution in [2.75, 3.05) is 6.61 Å². The fourth-order valence-electron chi connectivity index (χ4n) is 11.9.